The molecule has 0 saturated carbocycles. The SMILES string of the molecule is CCO.CCOC(F)(F)C(F)(C(F)(F)F)C(F)(F)F.CCOC(F)(F)C(F)(F)C(F)(F)C(F)(F)F.COC(F)(F)C(F)(C(F)(F)F)C(F)(F)F.COC(F)(F)C(F)(F)C(F)(F)C(F)(F)F.Cl/C=C/Cl. The highest BCUT2D eigenvalue weighted by Crippen LogP contribution is 2.57. The Labute approximate surface area is 368 Å². The van der Waals surface area contributed by atoms with E-state index in [2.05, 4.69) is 18.9 Å². The van der Waals surface area contributed by atoms with E-state index < -0.39 is 110 Å². The molecule has 0 bridgehead atoms. The minimum Gasteiger partial charge on any atom is -0.397 e. The van der Waals surface area contributed by atoms with Crippen LogP contribution >= 0.6 is 23.2 Å². The highest BCUT2D eigenvalue weighted by Gasteiger charge is 2.87. The Kier molecular flexibility index (Phi) is 29.4. The molecular weight excluding hydrogens is 1150 g/mol. The molecule has 0 radical (unpaired) electrons. The van der Waals surface area contributed by atoms with Gasteiger partial charge in [-0.1, -0.05) is 23.2 Å². The van der Waals surface area contributed by atoms with E-state index in [-0.39, 0.29) is 20.8 Å². The summed E-state index contributed by atoms with van der Waals surface area (Å²) < 4.78 is 440. The van der Waals surface area contributed by atoms with Crippen LogP contribution in [0.4, 0.5) is 158 Å². The first-order valence-corrected chi connectivity index (χ1v) is 16.1. The molecule has 0 aliphatic carbocycles. The second-order valence-corrected chi connectivity index (χ2v) is 11.0. The van der Waals surface area contributed by atoms with Gasteiger partial charge in [0.25, 0.3) is 0 Å². The fourth-order valence-electron chi connectivity index (χ4n) is 2.52. The van der Waals surface area contributed by atoms with Crippen LogP contribution in [0.2, 0.25) is 0 Å². The molecule has 0 rings (SSSR count). The number of hydrogen-bond acceptors (Lipinski definition) is 5. The third-order valence-corrected chi connectivity index (χ3v) is 6.19. The van der Waals surface area contributed by atoms with Crippen molar-refractivity contribution in [2.45, 2.75) is 117 Å². The van der Waals surface area contributed by atoms with Gasteiger partial charge in [0.1, 0.15) is 0 Å². The molecule has 5 nitrogen and oxygen atoms in total. The third kappa shape index (κ3) is 18.2. The lowest BCUT2D eigenvalue weighted by atomic mass is 10.0. The normalized spacial score (nSPS) is 14.7. The van der Waals surface area contributed by atoms with Crippen molar-refractivity contribution in [1.82, 2.24) is 0 Å². The lowest BCUT2D eigenvalue weighted by molar-refractivity contribution is -0.448. The highest BCUT2D eigenvalue weighted by atomic mass is 35.5. The van der Waals surface area contributed by atoms with Crippen molar-refractivity contribution < 1.29 is 182 Å². The zero-order chi connectivity index (χ0) is 58.4. The summed E-state index contributed by atoms with van der Waals surface area (Å²) in [5.74, 6) is -27.2. The van der Waals surface area contributed by atoms with Crippen LogP contribution in [0.25, 0.3) is 0 Å². The predicted octanol–water partition coefficient (Wildman–Crippen LogP) is 14.9. The maximum atomic E-state index is 12.6. The van der Waals surface area contributed by atoms with E-state index in [0.29, 0.717) is 6.92 Å². The number of rotatable bonds is 12. The third-order valence-electron chi connectivity index (χ3n) is 5.81. The molecule has 0 aromatic heterocycles. The monoisotopic (exact) mass is 1170 g/mol. The van der Waals surface area contributed by atoms with E-state index in [0.717, 1.165) is 6.92 Å². The number of ether oxygens (including phenoxy) is 4. The summed E-state index contributed by atoms with van der Waals surface area (Å²) in [7, 11) is -0.299. The van der Waals surface area contributed by atoms with Crippen LogP contribution in [0, 0.1) is 0 Å². The van der Waals surface area contributed by atoms with Crippen LogP contribution in [0.5, 0.6) is 0 Å². The average molecular weight is 1170 g/mol. The minimum absolute atomic E-state index is 0.125. The molecule has 0 saturated heterocycles. The lowest BCUT2D eigenvalue weighted by Gasteiger charge is -2.35. The van der Waals surface area contributed by atoms with Crippen LogP contribution in [0.15, 0.2) is 11.1 Å². The lowest BCUT2D eigenvalue weighted by Crippen LogP contribution is -2.65. The Bertz CT molecular complexity index is 1430. The first-order valence-electron chi connectivity index (χ1n) is 15.2. The number of aliphatic hydroxyl groups is 1. The molecular formula is C26H24Cl2F36O5. The molecule has 0 aromatic rings. The Morgan fingerprint density at radius 1 is 0.319 bits per heavy atom. The van der Waals surface area contributed by atoms with Gasteiger partial charge in [-0.15, -0.1) is 0 Å². The molecule has 0 fully saturated rings. The smallest absolute Gasteiger partial charge is 0.397 e. The van der Waals surface area contributed by atoms with Gasteiger partial charge in [-0.2, -0.15) is 149 Å². The summed E-state index contributed by atoms with van der Waals surface area (Å²) in [4.78, 5) is 0. The van der Waals surface area contributed by atoms with E-state index in [1.807, 2.05) is 0 Å². The van der Waals surface area contributed by atoms with Gasteiger partial charge >= 0.3 is 96.5 Å². The van der Waals surface area contributed by atoms with E-state index >= 15 is 0 Å². The summed E-state index contributed by atoms with van der Waals surface area (Å²) in [6, 6.07) is 0. The zero-order valence-electron chi connectivity index (χ0n) is 32.7. The number of aliphatic hydroxyl groups excluding tert-OH is 1. The van der Waals surface area contributed by atoms with Gasteiger partial charge in [0, 0.05) is 31.9 Å². The molecule has 0 aliphatic rings. The van der Waals surface area contributed by atoms with Crippen LogP contribution < -0.4 is 0 Å². The molecule has 0 aromatic carbocycles. The van der Waals surface area contributed by atoms with Gasteiger partial charge in [0.2, 0.25) is 0 Å². The molecule has 43 heteroatoms. The summed E-state index contributed by atoms with van der Waals surface area (Å²) in [5.41, 5.74) is -11.0. The predicted molar refractivity (Wildman–Crippen MR) is 154 cm³/mol. The van der Waals surface area contributed by atoms with Crippen molar-refractivity contribution in [3.63, 3.8) is 0 Å². The maximum absolute atomic E-state index is 12.6. The highest BCUT2D eigenvalue weighted by molar-refractivity contribution is 6.33. The summed E-state index contributed by atoms with van der Waals surface area (Å²) in [5, 5.41) is 7.57. The van der Waals surface area contributed by atoms with Crippen molar-refractivity contribution in [1.29, 1.82) is 0 Å². The van der Waals surface area contributed by atoms with E-state index in [1.165, 1.54) is 11.1 Å². The minimum atomic E-state index is -6.89. The van der Waals surface area contributed by atoms with Crippen molar-refractivity contribution in [3.8, 4) is 0 Å². The van der Waals surface area contributed by atoms with Crippen molar-refractivity contribution >= 4 is 23.2 Å². The van der Waals surface area contributed by atoms with Crippen LogP contribution in [-0.4, -0.2) is 136 Å². The Morgan fingerprint density at radius 3 is 0.652 bits per heavy atom. The molecule has 0 spiro atoms. The van der Waals surface area contributed by atoms with Crippen molar-refractivity contribution in [2.75, 3.05) is 34.0 Å². The quantitative estimate of drug-likeness (QED) is 0.197. The number of methoxy groups -OCH3 is 2. The van der Waals surface area contributed by atoms with Gasteiger partial charge in [-0.05, 0) is 20.8 Å². The topological polar surface area (TPSA) is 57.2 Å². The number of hydrogen-bond donors (Lipinski definition) is 1. The second kappa shape index (κ2) is 26.0. The Morgan fingerprint density at radius 2 is 0.507 bits per heavy atom. The molecule has 0 heterocycles. The fraction of sp³-hybridized carbons (Fsp3) is 0.923. The molecule has 0 unspecified atom stereocenters. The summed E-state index contributed by atoms with van der Waals surface area (Å²) in [6.45, 7) is 0.984. The largest absolute Gasteiger partial charge is 0.460 e. The summed E-state index contributed by atoms with van der Waals surface area (Å²) >= 11 is 9.75. The number of alkyl halides is 36. The second-order valence-electron chi connectivity index (χ2n) is 10.5. The van der Waals surface area contributed by atoms with Gasteiger partial charge < -0.3 is 24.1 Å². The van der Waals surface area contributed by atoms with Gasteiger partial charge in [-0.25, -0.2) is 8.78 Å². The van der Waals surface area contributed by atoms with Gasteiger partial charge in [-0.3, -0.25) is 0 Å². The standard InChI is InChI=1S/2C6H5F9O.2C5H3F9O.C2H2Cl2.C2H6O/c1-2-16-6(14,15)4(9,10)3(7,8)5(11,12)13;1-2-16-6(14,15)3(7,4(8,9)10)5(11,12)13;1-15-5(13,14)3(8,9)2(6,7)4(10,11)12;1-15-5(13,14)2(6,3(7,8)9)4(10,11)12;3-1-2-4;1-2-3/h2*2H2,1H3;2*1H3;1-2H;3H,2H2,1H3/b;;;;2-1+;. The van der Waals surface area contributed by atoms with E-state index in [4.69, 9.17) is 28.3 Å². The first kappa shape index (κ1) is 78.0. The molecule has 69 heavy (non-hydrogen) atoms. The van der Waals surface area contributed by atoms with Crippen LogP contribution in [-0.2, 0) is 18.9 Å². The summed E-state index contributed by atoms with van der Waals surface area (Å²) in [6.07, 6.45) is -64.9. The first-order chi connectivity index (χ1) is 29.6. The van der Waals surface area contributed by atoms with Crippen LogP contribution in [0.1, 0.15) is 20.8 Å². The average Bonchev–Trinajstić information content (AvgIpc) is 3.12. The van der Waals surface area contributed by atoms with Crippen molar-refractivity contribution in [3.05, 3.63) is 11.1 Å². The zero-order valence-corrected chi connectivity index (χ0v) is 34.2. The van der Waals surface area contributed by atoms with Gasteiger partial charge in [0.15, 0.2) is 0 Å². The fourth-order valence-corrected chi connectivity index (χ4v) is 2.52. The Balaban J connectivity index is -0.000000183. The van der Waals surface area contributed by atoms with Crippen molar-refractivity contribution in [2.24, 2.45) is 0 Å². The molecule has 0 amide bonds. The van der Waals surface area contributed by atoms with E-state index in [9.17, 15) is 158 Å². The number of halogens is 38. The molecule has 1 N–H and O–H groups in total. The molecule has 0 aliphatic heterocycles. The maximum Gasteiger partial charge on any atom is 0.460 e. The van der Waals surface area contributed by atoms with E-state index in [1.54, 1.807) is 6.92 Å². The Hall–Kier alpha value is -2.40. The molecule has 424 valence electrons. The van der Waals surface area contributed by atoms with Gasteiger partial charge in [0.05, 0.1) is 13.2 Å². The van der Waals surface area contributed by atoms with Crippen LogP contribution in [0.3, 0.4) is 0 Å². The molecule has 0 atom stereocenters.